The predicted octanol–water partition coefficient (Wildman–Crippen LogP) is 2.33. The third-order valence-electron chi connectivity index (χ3n) is 4.17. The third-order valence-corrected chi connectivity index (χ3v) is 4.17. The second kappa shape index (κ2) is 5.46. The van der Waals surface area contributed by atoms with Gasteiger partial charge < -0.3 is 10.2 Å². The van der Waals surface area contributed by atoms with Crippen molar-refractivity contribution >= 4 is 22.7 Å². The summed E-state index contributed by atoms with van der Waals surface area (Å²) in [7, 11) is 1.89. The van der Waals surface area contributed by atoms with Crippen LogP contribution in [0.15, 0.2) is 30.5 Å². The molecule has 0 saturated heterocycles. The largest absolute Gasteiger partial charge is 0.372 e. The molecule has 6 nitrogen and oxygen atoms in total. The summed E-state index contributed by atoms with van der Waals surface area (Å²) in [6, 6.07) is 8.06. The van der Waals surface area contributed by atoms with Crippen LogP contribution in [0.3, 0.4) is 0 Å². The maximum atomic E-state index is 4.73. The number of nitrogens with zero attached hydrogens (tertiary/aromatic N) is 5. The van der Waals surface area contributed by atoms with Gasteiger partial charge >= 0.3 is 0 Å². The van der Waals surface area contributed by atoms with Crippen LogP contribution in [0.5, 0.6) is 0 Å². The smallest absolute Gasteiger partial charge is 0.228 e. The Kier molecular flexibility index (Phi) is 3.29. The molecule has 0 spiro atoms. The van der Waals surface area contributed by atoms with E-state index < -0.39 is 0 Å². The Labute approximate surface area is 134 Å². The van der Waals surface area contributed by atoms with Crippen molar-refractivity contribution in [3.8, 4) is 0 Å². The second-order valence-electron chi connectivity index (χ2n) is 5.70. The first-order valence-electron chi connectivity index (χ1n) is 7.75. The Hall–Kier alpha value is -2.76. The Balaban J connectivity index is 1.74. The summed E-state index contributed by atoms with van der Waals surface area (Å²) in [5.41, 5.74) is 3.25. The zero-order chi connectivity index (χ0) is 15.8. The molecule has 0 radical (unpaired) electrons. The van der Waals surface area contributed by atoms with Crippen LogP contribution in [0.1, 0.15) is 17.1 Å². The maximum absolute atomic E-state index is 4.73. The van der Waals surface area contributed by atoms with E-state index in [2.05, 4.69) is 20.2 Å². The Bertz CT molecular complexity index is 876. The lowest BCUT2D eigenvalue weighted by Gasteiger charge is -2.28. The van der Waals surface area contributed by atoms with Crippen LogP contribution in [0, 0.1) is 6.92 Å². The predicted molar refractivity (Wildman–Crippen MR) is 90.6 cm³/mol. The molecule has 0 unspecified atom stereocenters. The summed E-state index contributed by atoms with van der Waals surface area (Å²) in [4.78, 5) is 20.5. The van der Waals surface area contributed by atoms with Gasteiger partial charge in [0.1, 0.15) is 11.6 Å². The molecule has 0 aliphatic carbocycles. The molecule has 1 aromatic carbocycles. The van der Waals surface area contributed by atoms with Crippen LogP contribution in [-0.2, 0) is 13.0 Å². The standard InChI is InChI=1S/C17H18N6/c1-11-19-9-12-10-23(8-7-14(12)20-11)17-21-15-6-4-3-5-13(15)16(18-2)22-17/h3-6,9H,7-8,10H2,1-2H3,(H,18,21,22). The van der Waals surface area contributed by atoms with E-state index in [0.29, 0.717) is 0 Å². The van der Waals surface area contributed by atoms with Crippen molar-refractivity contribution in [2.75, 3.05) is 23.8 Å². The molecule has 0 atom stereocenters. The van der Waals surface area contributed by atoms with Gasteiger partial charge in [-0.3, -0.25) is 0 Å². The Morgan fingerprint density at radius 3 is 2.87 bits per heavy atom. The lowest BCUT2D eigenvalue weighted by molar-refractivity contribution is 0.683. The minimum Gasteiger partial charge on any atom is -0.372 e. The van der Waals surface area contributed by atoms with Crippen molar-refractivity contribution in [1.29, 1.82) is 0 Å². The van der Waals surface area contributed by atoms with Crippen LogP contribution in [0.2, 0.25) is 0 Å². The van der Waals surface area contributed by atoms with Gasteiger partial charge in [-0.15, -0.1) is 0 Å². The fourth-order valence-corrected chi connectivity index (χ4v) is 2.98. The van der Waals surface area contributed by atoms with Crippen LogP contribution < -0.4 is 10.2 Å². The van der Waals surface area contributed by atoms with Crippen molar-refractivity contribution in [2.45, 2.75) is 19.9 Å². The molecule has 116 valence electrons. The molecule has 0 fully saturated rings. The van der Waals surface area contributed by atoms with Gasteiger partial charge in [-0.1, -0.05) is 12.1 Å². The van der Waals surface area contributed by atoms with E-state index in [9.17, 15) is 0 Å². The first kappa shape index (κ1) is 13.9. The highest BCUT2D eigenvalue weighted by Crippen LogP contribution is 2.26. The van der Waals surface area contributed by atoms with Crippen LogP contribution in [0.25, 0.3) is 10.9 Å². The molecule has 1 aliphatic rings. The van der Waals surface area contributed by atoms with Gasteiger partial charge in [-0.2, -0.15) is 4.98 Å². The number of para-hydroxylation sites is 1. The quantitative estimate of drug-likeness (QED) is 0.784. The number of aryl methyl sites for hydroxylation is 1. The van der Waals surface area contributed by atoms with E-state index >= 15 is 0 Å². The van der Waals surface area contributed by atoms with Gasteiger partial charge in [0.05, 0.1) is 11.2 Å². The third kappa shape index (κ3) is 2.46. The molecule has 23 heavy (non-hydrogen) atoms. The Morgan fingerprint density at radius 1 is 1.13 bits per heavy atom. The van der Waals surface area contributed by atoms with Crippen LogP contribution in [-0.4, -0.2) is 33.5 Å². The first-order chi connectivity index (χ1) is 11.2. The molecule has 1 aliphatic heterocycles. The fourth-order valence-electron chi connectivity index (χ4n) is 2.98. The number of hydrogen-bond acceptors (Lipinski definition) is 6. The first-order valence-corrected chi connectivity index (χ1v) is 7.75. The number of anilines is 2. The van der Waals surface area contributed by atoms with Crippen molar-refractivity contribution in [3.63, 3.8) is 0 Å². The molecular formula is C17H18N6. The molecule has 0 amide bonds. The number of fused-ring (bicyclic) bond motifs is 2. The lowest BCUT2D eigenvalue weighted by atomic mass is 10.1. The van der Waals surface area contributed by atoms with Gasteiger partial charge in [0.2, 0.25) is 5.95 Å². The summed E-state index contributed by atoms with van der Waals surface area (Å²) in [6.45, 7) is 3.54. The summed E-state index contributed by atoms with van der Waals surface area (Å²) < 4.78 is 0. The van der Waals surface area contributed by atoms with Crippen molar-refractivity contribution < 1.29 is 0 Å². The highest BCUT2D eigenvalue weighted by Gasteiger charge is 2.21. The molecule has 2 aromatic heterocycles. The maximum Gasteiger partial charge on any atom is 0.228 e. The summed E-state index contributed by atoms with van der Waals surface area (Å²) in [5.74, 6) is 2.44. The lowest BCUT2D eigenvalue weighted by Crippen LogP contribution is -2.32. The zero-order valence-corrected chi connectivity index (χ0v) is 13.2. The van der Waals surface area contributed by atoms with Gasteiger partial charge in [0.15, 0.2) is 0 Å². The minimum atomic E-state index is 0.747. The average molecular weight is 306 g/mol. The van der Waals surface area contributed by atoms with E-state index in [1.54, 1.807) is 0 Å². The van der Waals surface area contributed by atoms with E-state index in [0.717, 1.165) is 59.3 Å². The van der Waals surface area contributed by atoms with E-state index in [4.69, 9.17) is 9.97 Å². The van der Waals surface area contributed by atoms with Gasteiger partial charge in [0, 0.05) is 43.7 Å². The normalized spacial score (nSPS) is 13.9. The second-order valence-corrected chi connectivity index (χ2v) is 5.70. The number of benzene rings is 1. The summed E-state index contributed by atoms with van der Waals surface area (Å²) in [6.07, 6.45) is 2.81. The number of hydrogen-bond donors (Lipinski definition) is 1. The fraction of sp³-hybridized carbons (Fsp3) is 0.294. The zero-order valence-electron chi connectivity index (χ0n) is 13.2. The van der Waals surface area contributed by atoms with Crippen molar-refractivity contribution in [1.82, 2.24) is 19.9 Å². The van der Waals surface area contributed by atoms with Gasteiger partial charge in [-0.25, -0.2) is 15.0 Å². The van der Waals surface area contributed by atoms with Gasteiger partial charge in [0.25, 0.3) is 0 Å². The summed E-state index contributed by atoms with van der Waals surface area (Å²) in [5, 5.41) is 4.21. The Morgan fingerprint density at radius 2 is 2.00 bits per heavy atom. The number of aromatic nitrogens is 4. The number of nitrogens with one attached hydrogen (secondary N) is 1. The monoisotopic (exact) mass is 306 g/mol. The molecule has 0 bridgehead atoms. The molecule has 6 heteroatoms. The molecule has 0 saturated carbocycles. The van der Waals surface area contributed by atoms with Gasteiger partial charge in [-0.05, 0) is 19.1 Å². The molecule has 3 heterocycles. The highest BCUT2D eigenvalue weighted by atomic mass is 15.3. The highest BCUT2D eigenvalue weighted by molar-refractivity contribution is 5.89. The van der Waals surface area contributed by atoms with Crippen molar-refractivity contribution in [2.24, 2.45) is 0 Å². The van der Waals surface area contributed by atoms with Crippen LogP contribution >= 0.6 is 0 Å². The van der Waals surface area contributed by atoms with E-state index in [1.807, 2.05) is 44.4 Å². The molecule has 1 N–H and O–H groups in total. The average Bonchev–Trinajstić information content (AvgIpc) is 2.60. The molecule has 4 rings (SSSR count). The summed E-state index contributed by atoms with van der Waals surface area (Å²) >= 11 is 0. The van der Waals surface area contributed by atoms with Crippen molar-refractivity contribution in [3.05, 3.63) is 47.5 Å². The number of rotatable bonds is 2. The SMILES string of the molecule is CNc1nc(N2CCc3nc(C)ncc3C2)nc2ccccc12. The topological polar surface area (TPSA) is 66.8 Å². The molecule has 3 aromatic rings. The molecular weight excluding hydrogens is 288 g/mol. The van der Waals surface area contributed by atoms with E-state index in [1.165, 1.54) is 0 Å². The van der Waals surface area contributed by atoms with E-state index in [-0.39, 0.29) is 0 Å². The van der Waals surface area contributed by atoms with Crippen LogP contribution in [0.4, 0.5) is 11.8 Å². The minimum absolute atomic E-state index is 0.747.